The highest BCUT2D eigenvalue weighted by molar-refractivity contribution is 5.76. The van der Waals surface area contributed by atoms with Gasteiger partial charge in [-0.1, -0.05) is 19.9 Å². The SMILES string of the molecule is CC(C)CCOC(=O)OC[C@H](C)OC(=O)[C@@H](N)Cc1ccc(OC(=O)OC(C)(C)C)c(OC(=O)OC(C)(C)C)c1. The quantitative estimate of drug-likeness (QED) is 0.208. The second-order valence-electron chi connectivity index (χ2n) is 11.6. The first-order chi connectivity index (χ1) is 18.3. The minimum Gasteiger partial charge on any atom is -0.458 e. The number of carbonyl (C=O) groups excluding carboxylic acids is 4. The molecule has 0 saturated carbocycles. The van der Waals surface area contributed by atoms with Crippen molar-refractivity contribution in [2.75, 3.05) is 13.2 Å². The van der Waals surface area contributed by atoms with E-state index >= 15 is 0 Å². The Morgan fingerprint density at radius 3 is 1.88 bits per heavy atom. The minimum absolute atomic E-state index is 0.0128. The third-order valence-corrected chi connectivity index (χ3v) is 4.60. The van der Waals surface area contributed by atoms with Gasteiger partial charge in [-0.15, -0.1) is 0 Å². The molecule has 226 valence electrons. The van der Waals surface area contributed by atoms with Gasteiger partial charge < -0.3 is 38.9 Å². The number of esters is 1. The molecule has 40 heavy (non-hydrogen) atoms. The van der Waals surface area contributed by atoms with Crippen molar-refractivity contribution in [3.63, 3.8) is 0 Å². The Bertz CT molecular complexity index is 1010. The van der Waals surface area contributed by atoms with Crippen molar-refractivity contribution in [3.8, 4) is 11.5 Å². The Balaban J connectivity index is 2.85. The number of hydrogen-bond donors (Lipinski definition) is 1. The van der Waals surface area contributed by atoms with Crippen molar-refractivity contribution in [3.05, 3.63) is 23.8 Å². The third-order valence-electron chi connectivity index (χ3n) is 4.60. The molecule has 0 aliphatic rings. The van der Waals surface area contributed by atoms with Crippen molar-refractivity contribution in [1.82, 2.24) is 0 Å². The summed E-state index contributed by atoms with van der Waals surface area (Å²) in [5.41, 5.74) is 4.85. The molecule has 0 fully saturated rings. The second kappa shape index (κ2) is 15.3. The lowest BCUT2D eigenvalue weighted by Crippen LogP contribution is -2.37. The van der Waals surface area contributed by atoms with Crippen molar-refractivity contribution in [2.24, 2.45) is 11.7 Å². The van der Waals surface area contributed by atoms with Crippen LogP contribution in [0, 0.1) is 5.92 Å². The minimum atomic E-state index is -1.10. The fraction of sp³-hybridized carbons (Fsp3) is 0.643. The molecule has 0 radical (unpaired) electrons. The van der Waals surface area contributed by atoms with Crippen LogP contribution in [0.25, 0.3) is 0 Å². The van der Waals surface area contributed by atoms with Gasteiger partial charge in [-0.2, -0.15) is 0 Å². The summed E-state index contributed by atoms with van der Waals surface area (Å²) >= 11 is 0. The van der Waals surface area contributed by atoms with Crippen molar-refractivity contribution in [1.29, 1.82) is 0 Å². The molecule has 1 aromatic carbocycles. The molecule has 2 N–H and O–H groups in total. The third kappa shape index (κ3) is 15.2. The molecule has 0 aliphatic heterocycles. The molecule has 0 saturated heterocycles. The molecule has 12 nitrogen and oxygen atoms in total. The molecular formula is C28H43NO11. The number of rotatable bonds is 11. The lowest BCUT2D eigenvalue weighted by Gasteiger charge is -2.21. The van der Waals surface area contributed by atoms with E-state index in [1.54, 1.807) is 48.5 Å². The number of ether oxygens (including phenoxy) is 7. The molecular weight excluding hydrogens is 526 g/mol. The van der Waals surface area contributed by atoms with Crippen molar-refractivity contribution in [2.45, 2.75) is 98.5 Å². The van der Waals surface area contributed by atoms with Crippen LogP contribution in [0.4, 0.5) is 14.4 Å². The van der Waals surface area contributed by atoms with Gasteiger partial charge in [0.1, 0.15) is 30.0 Å². The molecule has 2 atom stereocenters. The lowest BCUT2D eigenvalue weighted by molar-refractivity contribution is -0.152. The van der Waals surface area contributed by atoms with Crippen LogP contribution in [-0.4, -0.2) is 61.0 Å². The van der Waals surface area contributed by atoms with Gasteiger partial charge in [0.25, 0.3) is 0 Å². The smallest absolute Gasteiger partial charge is 0.458 e. The fourth-order valence-corrected chi connectivity index (χ4v) is 2.83. The summed E-state index contributed by atoms with van der Waals surface area (Å²) < 4.78 is 36.0. The molecule has 0 spiro atoms. The largest absolute Gasteiger partial charge is 0.514 e. The average Bonchev–Trinajstić information content (AvgIpc) is 2.76. The zero-order valence-corrected chi connectivity index (χ0v) is 24.9. The van der Waals surface area contributed by atoms with Crippen LogP contribution in [0.3, 0.4) is 0 Å². The monoisotopic (exact) mass is 569 g/mol. The number of carbonyl (C=O) groups is 4. The van der Waals surface area contributed by atoms with Crippen LogP contribution >= 0.6 is 0 Å². The molecule has 0 aliphatic carbocycles. The Kier molecular flexibility index (Phi) is 13.2. The van der Waals surface area contributed by atoms with E-state index in [0.717, 1.165) is 0 Å². The molecule has 0 aromatic heterocycles. The molecule has 12 heteroatoms. The van der Waals surface area contributed by atoms with E-state index in [1.165, 1.54) is 18.2 Å². The first kappa shape index (κ1) is 34.5. The van der Waals surface area contributed by atoms with E-state index in [-0.39, 0.29) is 31.1 Å². The van der Waals surface area contributed by atoms with Crippen LogP contribution in [0.15, 0.2) is 18.2 Å². The summed E-state index contributed by atoms with van der Waals surface area (Å²) in [6.45, 7) is 15.6. The van der Waals surface area contributed by atoms with Crippen LogP contribution in [0.1, 0.15) is 74.3 Å². The summed E-state index contributed by atoms with van der Waals surface area (Å²) in [5, 5.41) is 0. The highest BCUT2D eigenvalue weighted by Gasteiger charge is 2.25. The first-order valence-corrected chi connectivity index (χ1v) is 13.0. The lowest BCUT2D eigenvalue weighted by atomic mass is 10.1. The summed E-state index contributed by atoms with van der Waals surface area (Å²) in [5.74, 6) is -0.613. The summed E-state index contributed by atoms with van der Waals surface area (Å²) in [7, 11) is 0. The van der Waals surface area contributed by atoms with Crippen molar-refractivity contribution < 1.29 is 52.3 Å². The van der Waals surface area contributed by atoms with Crippen LogP contribution in [0.5, 0.6) is 11.5 Å². The van der Waals surface area contributed by atoms with Gasteiger partial charge in [-0.3, -0.25) is 4.79 Å². The molecule has 0 bridgehead atoms. The Labute approximate surface area is 235 Å². The highest BCUT2D eigenvalue weighted by atomic mass is 16.8. The van der Waals surface area contributed by atoms with Gasteiger partial charge in [0.15, 0.2) is 11.5 Å². The predicted molar refractivity (Wildman–Crippen MR) is 144 cm³/mol. The Morgan fingerprint density at radius 1 is 0.800 bits per heavy atom. The van der Waals surface area contributed by atoms with Gasteiger partial charge >= 0.3 is 24.4 Å². The maximum absolute atomic E-state index is 12.5. The van der Waals surface area contributed by atoms with E-state index in [0.29, 0.717) is 17.9 Å². The number of hydrogen-bond acceptors (Lipinski definition) is 12. The number of nitrogens with two attached hydrogens (primary N) is 1. The zero-order valence-electron chi connectivity index (χ0n) is 24.9. The molecule has 0 amide bonds. The van der Waals surface area contributed by atoms with Crippen LogP contribution in [-0.2, 0) is 34.9 Å². The highest BCUT2D eigenvalue weighted by Crippen LogP contribution is 2.31. The summed E-state index contributed by atoms with van der Waals surface area (Å²) in [6.07, 6.45) is -2.96. The summed E-state index contributed by atoms with van der Waals surface area (Å²) in [6, 6.07) is 3.19. The van der Waals surface area contributed by atoms with Crippen LogP contribution in [0.2, 0.25) is 0 Å². The van der Waals surface area contributed by atoms with Crippen LogP contribution < -0.4 is 15.2 Å². The van der Waals surface area contributed by atoms with E-state index in [1.807, 2.05) is 13.8 Å². The van der Waals surface area contributed by atoms with Gasteiger partial charge in [-0.25, -0.2) is 14.4 Å². The standard InChI is InChI=1S/C28H43NO11/c1-17(2)12-13-34-24(31)35-16-18(3)36-23(30)20(29)14-19-10-11-21(37-25(32)39-27(4,5)6)22(15-19)38-26(33)40-28(7,8)9/h10-11,15,17-18,20H,12-14,16,29H2,1-9H3/t18-,20-/m0/s1. The van der Waals surface area contributed by atoms with Gasteiger partial charge in [0, 0.05) is 0 Å². The van der Waals surface area contributed by atoms with Gasteiger partial charge in [0.05, 0.1) is 6.61 Å². The molecule has 0 heterocycles. The summed E-state index contributed by atoms with van der Waals surface area (Å²) in [4.78, 5) is 48.6. The zero-order chi connectivity index (χ0) is 30.7. The van der Waals surface area contributed by atoms with Gasteiger partial charge in [-0.05, 0) is 84.9 Å². The van der Waals surface area contributed by atoms with Gasteiger partial charge in [0.2, 0.25) is 0 Å². The first-order valence-electron chi connectivity index (χ1n) is 13.0. The fourth-order valence-electron chi connectivity index (χ4n) is 2.83. The maximum Gasteiger partial charge on any atom is 0.514 e. The Morgan fingerprint density at radius 2 is 1.35 bits per heavy atom. The predicted octanol–water partition coefficient (Wildman–Crippen LogP) is 5.32. The molecule has 0 unspecified atom stereocenters. The van der Waals surface area contributed by atoms with Crippen molar-refractivity contribution >= 4 is 24.4 Å². The topological polar surface area (TPSA) is 159 Å². The van der Waals surface area contributed by atoms with E-state index in [9.17, 15) is 19.2 Å². The molecule has 1 aromatic rings. The normalized spacial score (nSPS) is 13.1. The maximum atomic E-state index is 12.5. The van der Waals surface area contributed by atoms with E-state index in [2.05, 4.69) is 0 Å². The average molecular weight is 570 g/mol. The van der Waals surface area contributed by atoms with E-state index in [4.69, 9.17) is 38.9 Å². The molecule has 1 rings (SSSR count). The Hall–Kier alpha value is -3.54. The second-order valence-corrected chi connectivity index (χ2v) is 11.6. The van der Waals surface area contributed by atoms with E-state index < -0.39 is 47.8 Å². The number of benzene rings is 1.